The molecule has 0 spiro atoms. The van der Waals surface area contributed by atoms with Crippen molar-refractivity contribution in [1.82, 2.24) is 5.32 Å². The van der Waals surface area contributed by atoms with Crippen LogP contribution >= 0.6 is 0 Å². The third-order valence-corrected chi connectivity index (χ3v) is 4.36. The van der Waals surface area contributed by atoms with Crippen molar-refractivity contribution >= 4 is 5.91 Å². The highest BCUT2D eigenvalue weighted by atomic mass is 16.5. The maximum Gasteiger partial charge on any atom is 0.222 e. The van der Waals surface area contributed by atoms with E-state index >= 15 is 0 Å². The van der Waals surface area contributed by atoms with Crippen LogP contribution in [0.3, 0.4) is 0 Å². The van der Waals surface area contributed by atoms with E-state index in [1.807, 2.05) is 6.07 Å². The minimum absolute atomic E-state index is 0.0530. The van der Waals surface area contributed by atoms with Crippen LogP contribution < -0.4 is 11.1 Å². The quantitative estimate of drug-likeness (QED) is 0.806. The molecule has 21 heavy (non-hydrogen) atoms. The number of ether oxygens (including phenoxy) is 1. The van der Waals surface area contributed by atoms with Crippen molar-refractivity contribution in [3.63, 3.8) is 0 Å². The molecular weight excluding hydrogens is 264 g/mol. The molecule has 3 atom stereocenters. The highest BCUT2D eigenvalue weighted by Gasteiger charge is 2.29. The van der Waals surface area contributed by atoms with E-state index < -0.39 is 0 Å². The van der Waals surface area contributed by atoms with Crippen molar-refractivity contribution < 1.29 is 9.53 Å². The summed E-state index contributed by atoms with van der Waals surface area (Å²) in [5.41, 5.74) is 6.91. The summed E-state index contributed by atoms with van der Waals surface area (Å²) in [6.07, 6.45) is 4.65. The van der Waals surface area contributed by atoms with Gasteiger partial charge in [-0.3, -0.25) is 4.79 Å². The van der Waals surface area contributed by atoms with Crippen LogP contribution in [0.25, 0.3) is 0 Å². The van der Waals surface area contributed by atoms with E-state index in [-0.39, 0.29) is 18.1 Å². The number of nitrogens with one attached hydrogen (secondary N) is 1. The molecule has 1 aromatic rings. The number of benzene rings is 1. The van der Waals surface area contributed by atoms with Crippen molar-refractivity contribution in [2.24, 2.45) is 11.7 Å². The second-order valence-electron chi connectivity index (χ2n) is 5.85. The summed E-state index contributed by atoms with van der Waals surface area (Å²) in [7, 11) is 1.60. The Bertz CT molecular complexity index is 432. The average Bonchev–Trinajstić information content (AvgIpc) is 2.92. The van der Waals surface area contributed by atoms with Gasteiger partial charge < -0.3 is 15.8 Å². The summed E-state index contributed by atoms with van der Waals surface area (Å²) in [4.78, 5) is 12.1. The molecule has 4 heteroatoms. The van der Waals surface area contributed by atoms with E-state index in [0.717, 1.165) is 12.8 Å². The third-order valence-electron chi connectivity index (χ3n) is 4.36. The van der Waals surface area contributed by atoms with Crippen molar-refractivity contribution in [1.29, 1.82) is 0 Å². The van der Waals surface area contributed by atoms with E-state index in [1.54, 1.807) is 7.11 Å². The molecule has 1 amide bonds. The monoisotopic (exact) mass is 290 g/mol. The molecule has 1 fully saturated rings. The predicted octanol–water partition coefficient (Wildman–Crippen LogP) is 1.88. The van der Waals surface area contributed by atoms with Gasteiger partial charge in [-0.25, -0.2) is 0 Å². The zero-order valence-electron chi connectivity index (χ0n) is 12.8. The first-order valence-electron chi connectivity index (χ1n) is 7.79. The molecule has 0 aliphatic heterocycles. The molecule has 0 radical (unpaired) electrons. The molecule has 0 aromatic heterocycles. The lowest BCUT2D eigenvalue weighted by molar-refractivity contribution is -0.124. The second-order valence-corrected chi connectivity index (χ2v) is 5.85. The van der Waals surface area contributed by atoms with Gasteiger partial charge in [0.2, 0.25) is 5.91 Å². The molecule has 2 rings (SSSR count). The minimum atomic E-state index is -0.182. The normalized spacial score (nSPS) is 23.0. The van der Waals surface area contributed by atoms with E-state index in [2.05, 4.69) is 29.6 Å². The average molecular weight is 290 g/mol. The Hall–Kier alpha value is -1.39. The lowest BCUT2D eigenvalue weighted by Crippen LogP contribution is -2.40. The van der Waals surface area contributed by atoms with Crippen molar-refractivity contribution in [2.45, 2.75) is 44.2 Å². The summed E-state index contributed by atoms with van der Waals surface area (Å²) in [5, 5.41) is 3.17. The first-order chi connectivity index (χ1) is 10.2. The fourth-order valence-electron chi connectivity index (χ4n) is 3.12. The number of carbonyl (C=O) groups excluding carboxylic acids is 1. The van der Waals surface area contributed by atoms with Gasteiger partial charge in [-0.05, 0) is 30.7 Å². The van der Waals surface area contributed by atoms with Crippen LogP contribution in [0, 0.1) is 5.92 Å². The van der Waals surface area contributed by atoms with Crippen LogP contribution in [0.1, 0.15) is 31.2 Å². The maximum absolute atomic E-state index is 12.1. The Labute approximate surface area is 127 Å². The highest BCUT2D eigenvalue weighted by molar-refractivity contribution is 5.76. The number of hydrogen-bond donors (Lipinski definition) is 2. The third kappa shape index (κ3) is 4.83. The first-order valence-corrected chi connectivity index (χ1v) is 7.79. The minimum Gasteiger partial charge on any atom is -0.380 e. The van der Waals surface area contributed by atoms with Gasteiger partial charge in [-0.2, -0.15) is 0 Å². The highest BCUT2D eigenvalue weighted by Crippen LogP contribution is 2.29. The number of rotatable bonds is 7. The van der Waals surface area contributed by atoms with Gasteiger partial charge in [0.1, 0.15) is 0 Å². The largest absolute Gasteiger partial charge is 0.380 e. The van der Waals surface area contributed by atoms with E-state index in [0.29, 0.717) is 18.9 Å². The lowest BCUT2D eigenvalue weighted by Gasteiger charge is -2.22. The molecule has 0 heterocycles. The van der Waals surface area contributed by atoms with Crippen LogP contribution in [0.15, 0.2) is 30.3 Å². The van der Waals surface area contributed by atoms with Crippen molar-refractivity contribution in [3.05, 3.63) is 35.9 Å². The van der Waals surface area contributed by atoms with Gasteiger partial charge in [0.25, 0.3) is 0 Å². The Kier molecular flexibility index (Phi) is 6.21. The zero-order valence-corrected chi connectivity index (χ0v) is 12.8. The first kappa shape index (κ1) is 16.0. The topological polar surface area (TPSA) is 64.3 Å². The van der Waals surface area contributed by atoms with Crippen molar-refractivity contribution in [2.75, 3.05) is 13.7 Å². The molecule has 4 nitrogen and oxygen atoms in total. The number of hydrogen-bond acceptors (Lipinski definition) is 3. The Balaban J connectivity index is 1.85. The maximum atomic E-state index is 12.1. The van der Waals surface area contributed by atoms with E-state index in [9.17, 15) is 4.79 Å². The molecule has 116 valence electrons. The smallest absolute Gasteiger partial charge is 0.222 e. The molecule has 3 unspecified atom stereocenters. The van der Waals surface area contributed by atoms with Crippen LogP contribution in [-0.4, -0.2) is 31.7 Å². The van der Waals surface area contributed by atoms with Gasteiger partial charge >= 0.3 is 0 Å². The summed E-state index contributed by atoms with van der Waals surface area (Å²) >= 11 is 0. The fourth-order valence-corrected chi connectivity index (χ4v) is 3.12. The van der Waals surface area contributed by atoms with E-state index in [1.165, 1.54) is 18.4 Å². The molecule has 3 N–H and O–H groups in total. The number of nitrogens with two attached hydrogens (primary N) is 1. The van der Waals surface area contributed by atoms with Gasteiger partial charge in [0.05, 0.1) is 12.5 Å². The van der Waals surface area contributed by atoms with Crippen molar-refractivity contribution in [3.8, 4) is 0 Å². The Morgan fingerprint density at radius 3 is 2.81 bits per heavy atom. The molecule has 1 aromatic carbocycles. The van der Waals surface area contributed by atoms with Gasteiger partial charge in [0.15, 0.2) is 0 Å². The zero-order chi connectivity index (χ0) is 15.1. The Morgan fingerprint density at radius 2 is 2.14 bits per heavy atom. The molecule has 1 aliphatic carbocycles. The molecule has 0 bridgehead atoms. The predicted molar refractivity (Wildman–Crippen MR) is 83.9 cm³/mol. The van der Waals surface area contributed by atoms with Crippen LogP contribution in [0.5, 0.6) is 0 Å². The van der Waals surface area contributed by atoms with Gasteiger partial charge in [-0.15, -0.1) is 0 Å². The molecule has 0 saturated heterocycles. The number of methoxy groups -OCH3 is 1. The van der Waals surface area contributed by atoms with Crippen LogP contribution in [-0.2, 0) is 16.0 Å². The Morgan fingerprint density at radius 1 is 1.38 bits per heavy atom. The summed E-state index contributed by atoms with van der Waals surface area (Å²) in [6, 6.07) is 10.8. The fraction of sp³-hybridized carbons (Fsp3) is 0.588. The number of amides is 1. The molecule has 1 saturated carbocycles. The van der Waals surface area contributed by atoms with Gasteiger partial charge in [0, 0.05) is 19.7 Å². The summed E-state index contributed by atoms with van der Waals surface area (Å²) in [6.45, 7) is 0.377. The number of carbonyl (C=O) groups is 1. The van der Waals surface area contributed by atoms with Crippen LogP contribution in [0.4, 0.5) is 0 Å². The van der Waals surface area contributed by atoms with Crippen LogP contribution in [0.2, 0.25) is 0 Å². The summed E-state index contributed by atoms with van der Waals surface area (Å²) < 4.78 is 5.17. The molecule has 1 aliphatic rings. The van der Waals surface area contributed by atoms with Gasteiger partial charge in [-0.1, -0.05) is 36.8 Å². The standard InChI is InChI=1S/C17H26N2O2/c1-21-15(12-18)11-17(20)19-16-9-5-8-14(16)10-13-6-3-2-4-7-13/h2-4,6-7,14-16H,5,8-12,18H2,1H3,(H,19,20). The second kappa shape index (κ2) is 8.15. The lowest BCUT2D eigenvalue weighted by atomic mass is 9.94. The summed E-state index contributed by atoms with van der Waals surface area (Å²) in [5.74, 6) is 0.590. The SMILES string of the molecule is COC(CN)CC(=O)NC1CCCC1Cc1ccccc1. The molecular formula is C17H26N2O2. The van der Waals surface area contributed by atoms with E-state index in [4.69, 9.17) is 10.5 Å².